The van der Waals surface area contributed by atoms with E-state index in [2.05, 4.69) is 15.6 Å². The van der Waals surface area contributed by atoms with E-state index in [0.29, 0.717) is 11.3 Å². The van der Waals surface area contributed by atoms with Gasteiger partial charge in [0.2, 0.25) is 5.91 Å². The Morgan fingerprint density at radius 3 is 2.50 bits per heavy atom. The highest BCUT2D eigenvalue weighted by Gasteiger charge is 2.25. The summed E-state index contributed by atoms with van der Waals surface area (Å²) in [6.45, 7) is 5.23. The van der Waals surface area contributed by atoms with Crippen LogP contribution in [0.3, 0.4) is 0 Å². The number of aromatic nitrogens is 1. The molecule has 7 heteroatoms. The van der Waals surface area contributed by atoms with E-state index in [1.807, 2.05) is 0 Å². The fourth-order valence-corrected chi connectivity index (χ4v) is 2.24. The maximum absolute atomic E-state index is 12.6. The van der Waals surface area contributed by atoms with Gasteiger partial charge in [0.1, 0.15) is 17.4 Å². The summed E-state index contributed by atoms with van der Waals surface area (Å²) in [6, 6.07) is 8.95. The summed E-state index contributed by atoms with van der Waals surface area (Å²) in [7, 11) is 0. The minimum absolute atomic E-state index is 0.0908. The van der Waals surface area contributed by atoms with E-state index in [9.17, 15) is 14.7 Å². The van der Waals surface area contributed by atoms with Crippen LogP contribution in [0.4, 0.5) is 10.5 Å². The van der Waals surface area contributed by atoms with E-state index in [1.165, 1.54) is 6.07 Å². The molecular formula is C19H23N3O4. The molecule has 138 valence electrons. The summed E-state index contributed by atoms with van der Waals surface area (Å²) in [5.41, 5.74) is 0.592. The molecule has 2 amide bonds. The minimum atomic E-state index is -0.875. The third kappa shape index (κ3) is 6.43. The predicted octanol–water partition coefficient (Wildman–Crippen LogP) is 2.86. The molecule has 0 aliphatic carbocycles. The summed E-state index contributed by atoms with van der Waals surface area (Å²) in [5.74, 6) is -0.307. The van der Waals surface area contributed by atoms with Crippen molar-refractivity contribution in [3.8, 4) is 5.75 Å². The van der Waals surface area contributed by atoms with Crippen LogP contribution in [0, 0.1) is 0 Å². The molecule has 0 fully saturated rings. The lowest BCUT2D eigenvalue weighted by Crippen LogP contribution is -2.47. The molecule has 1 aromatic heterocycles. The number of aromatic hydroxyl groups is 1. The van der Waals surface area contributed by atoms with E-state index in [0.717, 1.165) is 0 Å². The van der Waals surface area contributed by atoms with Gasteiger partial charge >= 0.3 is 6.09 Å². The molecule has 1 heterocycles. The molecule has 1 aromatic carbocycles. The van der Waals surface area contributed by atoms with Gasteiger partial charge in [0.05, 0.1) is 0 Å². The number of carbonyl (C=O) groups excluding carboxylic acids is 2. The lowest BCUT2D eigenvalue weighted by Gasteiger charge is -2.23. The number of nitrogens with one attached hydrogen (secondary N) is 2. The number of amides is 2. The van der Waals surface area contributed by atoms with Crippen LogP contribution in [0.15, 0.2) is 48.8 Å². The minimum Gasteiger partial charge on any atom is -0.508 e. The van der Waals surface area contributed by atoms with Crippen LogP contribution in [-0.2, 0) is 16.0 Å². The number of nitrogens with zero attached hydrogens (tertiary/aromatic N) is 1. The second-order valence-electron chi connectivity index (χ2n) is 6.80. The van der Waals surface area contributed by atoms with E-state index in [-0.39, 0.29) is 12.2 Å². The van der Waals surface area contributed by atoms with Gasteiger partial charge in [0.25, 0.3) is 0 Å². The van der Waals surface area contributed by atoms with Gasteiger partial charge in [-0.05, 0) is 50.6 Å². The standard InChI is InChI=1S/C19H23N3O4/c1-19(2,3)26-18(25)22-16(12-13-5-4-6-15(23)11-13)17(24)21-14-7-9-20-10-8-14/h4-11,16,23H,12H2,1-3H3,(H,22,25)(H,20,21,24). The molecule has 1 unspecified atom stereocenters. The van der Waals surface area contributed by atoms with Crippen LogP contribution in [0.25, 0.3) is 0 Å². The third-order valence-electron chi connectivity index (χ3n) is 3.31. The molecule has 3 N–H and O–H groups in total. The van der Waals surface area contributed by atoms with E-state index in [4.69, 9.17) is 4.74 Å². The Labute approximate surface area is 152 Å². The molecular weight excluding hydrogens is 334 g/mol. The van der Waals surface area contributed by atoms with Crippen LogP contribution in [0.2, 0.25) is 0 Å². The molecule has 2 rings (SSSR count). The zero-order valence-electron chi connectivity index (χ0n) is 15.0. The Kier molecular flexibility index (Phi) is 6.16. The first kappa shape index (κ1) is 19.2. The Morgan fingerprint density at radius 2 is 1.88 bits per heavy atom. The maximum atomic E-state index is 12.6. The van der Waals surface area contributed by atoms with Gasteiger partial charge in [0, 0.05) is 24.5 Å². The number of carbonyl (C=O) groups is 2. The van der Waals surface area contributed by atoms with Crippen molar-refractivity contribution in [3.05, 3.63) is 54.4 Å². The van der Waals surface area contributed by atoms with Crippen LogP contribution in [0.1, 0.15) is 26.3 Å². The van der Waals surface area contributed by atoms with Gasteiger partial charge in [-0.25, -0.2) is 4.79 Å². The van der Waals surface area contributed by atoms with Gasteiger partial charge in [-0.1, -0.05) is 12.1 Å². The number of ether oxygens (including phenoxy) is 1. The monoisotopic (exact) mass is 357 g/mol. The first-order valence-electron chi connectivity index (χ1n) is 8.21. The zero-order valence-corrected chi connectivity index (χ0v) is 15.0. The van der Waals surface area contributed by atoms with E-state index < -0.39 is 23.6 Å². The fourth-order valence-electron chi connectivity index (χ4n) is 2.24. The molecule has 0 aliphatic heterocycles. The van der Waals surface area contributed by atoms with Crippen molar-refractivity contribution in [3.63, 3.8) is 0 Å². The SMILES string of the molecule is CC(C)(C)OC(=O)NC(Cc1cccc(O)c1)C(=O)Nc1ccncc1. The molecule has 0 aliphatic rings. The average Bonchev–Trinajstić information content (AvgIpc) is 2.53. The lowest BCUT2D eigenvalue weighted by molar-refractivity contribution is -0.118. The summed E-state index contributed by atoms with van der Waals surface area (Å²) in [5, 5.41) is 14.9. The van der Waals surface area contributed by atoms with Crippen molar-refractivity contribution in [1.82, 2.24) is 10.3 Å². The Bertz CT molecular complexity index is 757. The Hall–Kier alpha value is -3.09. The number of benzene rings is 1. The van der Waals surface area contributed by atoms with Crippen molar-refractivity contribution >= 4 is 17.7 Å². The summed E-state index contributed by atoms with van der Waals surface area (Å²) >= 11 is 0. The first-order chi connectivity index (χ1) is 12.2. The predicted molar refractivity (Wildman–Crippen MR) is 97.8 cm³/mol. The number of hydrogen-bond donors (Lipinski definition) is 3. The van der Waals surface area contributed by atoms with Gasteiger partial charge in [-0.15, -0.1) is 0 Å². The number of anilines is 1. The number of hydrogen-bond acceptors (Lipinski definition) is 5. The second kappa shape index (κ2) is 8.33. The highest BCUT2D eigenvalue weighted by Crippen LogP contribution is 2.14. The van der Waals surface area contributed by atoms with Gasteiger partial charge in [-0.3, -0.25) is 9.78 Å². The molecule has 26 heavy (non-hydrogen) atoms. The highest BCUT2D eigenvalue weighted by molar-refractivity contribution is 5.96. The van der Waals surface area contributed by atoms with Crippen LogP contribution in [0.5, 0.6) is 5.75 Å². The topological polar surface area (TPSA) is 101 Å². The van der Waals surface area contributed by atoms with E-state index >= 15 is 0 Å². The van der Waals surface area contributed by atoms with Crippen molar-refractivity contribution in [2.24, 2.45) is 0 Å². The fraction of sp³-hybridized carbons (Fsp3) is 0.316. The maximum Gasteiger partial charge on any atom is 0.408 e. The van der Waals surface area contributed by atoms with Gasteiger partial charge in [-0.2, -0.15) is 0 Å². The number of alkyl carbamates (subject to hydrolysis) is 1. The van der Waals surface area contributed by atoms with Gasteiger partial charge < -0.3 is 20.5 Å². The first-order valence-corrected chi connectivity index (χ1v) is 8.21. The molecule has 0 saturated carbocycles. The molecule has 0 radical (unpaired) electrons. The molecule has 1 atom stereocenters. The zero-order chi connectivity index (χ0) is 19.2. The van der Waals surface area contributed by atoms with Crippen LogP contribution >= 0.6 is 0 Å². The largest absolute Gasteiger partial charge is 0.508 e. The molecule has 7 nitrogen and oxygen atoms in total. The number of pyridine rings is 1. The number of phenols is 1. The number of rotatable bonds is 5. The number of phenolic OH excluding ortho intramolecular Hbond substituents is 1. The summed E-state index contributed by atoms with van der Waals surface area (Å²) in [4.78, 5) is 28.6. The summed E-state index contributed by atoms with van der Waals surface area (Å²) in [6.07, 6.45) is 2.62. The van der Waals surface area contributed by atoms with Crippen molar-refractivity contribution in [1.29, 1.82) is 0 Å². The molecule has 0 bridgehead atoms. The van der Waals surface area contributed by atoms with Crippen LogP contribution < -0.4 is 10.6 Å². The Balaban J connectivity index is 2.14. The summed E-state index contributed by atoms with van der Waals surface area (Å²) < 4.78 is 5.24. The lowest BCUT2D eigenvalue weighted by atomic mass is 10.0. The normalized spacial score (nSPS) is 12.1. The van der Waals surface area contributed by atoms with E-state index in [1.54, 1.807) is 63.5 Å². The van der Waals surface area contributed by atoms with Gasteiger partial charge in [0.15, 0.2) is 0 Å². The molecule has 2 aromatic rings. The third-order valence-corrected chi connectivity index (χ3v) is 3.31. The Morgan fingerprint density at radius 1 is 1.19 bits per heavy atom. The second-order valence-corrected chi connectivity index (χ2v) is 6.80. The quantitative estimate of drug-likeness (QED) is 0.764. The molecule has 0 spiro atoms. The van der Waals surface area contributed by atoms with Crippen LogP contribution in [-0.4, -0.2) is 33.7 Å². The average molecular weight is 357 g/mol. The van der Waals surface area contributed by atoms with Crippen molar-refractivity contribution in [2.75, 3.05) is 5.32 Å². The van der Waals surface area contributed by atoms with Crippen molar-refractivity contribution in [2.45, 2.75) is 38.8 Å². The smallest absolute Gasteiger partial charge is 0.408 e. The van der Waals surface area contributed by atoms with Crippen molar-refractivity contribution < 1.29 is 19.4 Å². The molecule has 0 saturated heterocycles. The highest BCUT2D eigenvalue weighted by atomic mass is 16.6.